The van der Waals surface area contributed by atoms with E-state index < -0.39 is 0 Å². The van der Waals surface area contributed by atoms with Crippen LogP contribution < -0.4 is 10.1 Å². The fourth-order valence-electron chi connectivity index (χ4n) is 3.03. The summed E-state index contributed by atoms with van der Waals surface area (Å²) < 4.78 is 6.95. The predicted octanol–water partition coefficient (Wildman–Crippen LogP) is 7.05. The van der Waals surface area contributed by atoms with Gasteiger partial charge >= 0.3 is 0 Å². The van der Waals surface area contributed by atoms with Gasteiger partial charge in [0.05, 0.1) is 15.7 Å². The van der Waals surface area contributed by atoms with Crippen molar-refractivity contribution in [3.05, 3.63) is 89.0 Å². The molecule has 0 saturated carbocycles. The van der Waals surface area contributed by atoms with Crippen molar-refractivity contribution in [1.29, 1.82) is 0 Å². The molecule has 0 amide bonds. The summed E-state index contributed by atoms with van der Waals surface area (Å²) >= 11 is 5.06. The zero-order valence-corrected chi connectivity index (χ0v) is 18.0. The van der Waals surface area contributed by atoms with Crippen molar-refractivity contribution in [3.63, 3.8) is 0 Å². The number of nitrogens with zero attached hydrogens (tertiary/aromatic N) is 3. The van der Waals surface area contributed by atoms with Gasteiger partial charge in [0.25, 0.3) is 0 Å². The maximum Gasteiger partial charge on any atom is 0.188 e. The van der Waals surface area contributed by atoms with Crippen LogP contribution in [-0.2, 0) is 0 Å². The van der Waals surface area contributed by atoms with Crippen LogP contribution in [0.5, 0.6) is 11.5 Å². The number of aromatic nitrogens is 3. The molecule has 0 unspecified atom stereocenters. The topological polar surface area (TPSA) is 59.9 Å². The fraction of sp³-hybridized carbons (Fsp3) is 0. The molecule has 0 aliphatic rings. The number of rotatable bonds is 5. The average molecular weight is 475 g/mol. The van der Waals surface area contributed by atoms with Crippen molar-refractivity contribution in [2.45, 2.75) is 0 Å². The van der Waals surface area contributed by atoms with Crippen LogP contribution >= 0.6 is 27.3 Å². The SMILES string of the molecule is Brc1cnc(Nc2nc(-c3ccccc3)cs2)cc1Oc1cccc2ncccc12. The van der Waals surface area contributed by atoms with Crippen LogP contribution in [0.4, 0.5) is 10.9 Å². The van der Waals surface area contributed by atoms with Gasteiger partial charge in [-0.2, -0.15) is 0 Å². The normalized spacial score (nSPS) is 10.8. The van der Waals surface area contributed by atoms with E-state index in [0.29, 0.717) is 11.6 Å². The van der Waals surface area contributed by atoms with E-state index in [2.05, 4.69) is 36.2 Å². The Kier molecular flexibility index (Phi) is 5.13. The van der Waals surface area contributed by atoms with Crippen LogP contribution in [0.3, 0.4) is 0 Å². The zero-order chi connectivity index (χ0) is 20.3. The van der Waals surface area contributed by atoms with Crippen molar-refractivity contribution in [2.24, 2.45) is 0 Å². The Balaban J connectivity index is 1.41. The average Bonchev–Trinajstić information content (AvgIpc) is 3.25. The van der Waals surface area contributed by atoms with Gasteiger partial charge < -0.3 is 10.1 Å². The summed E-state index contributed by atoms with van der Waals surface area (Å²) in [5.41, 5.74) is 2.90. The highest BCUT2D eigenvalue weighted by Gasteiger charge is 2.11. The highest BCUT2D eigenvalue weighted by atomic mass is 79.9. The van der Waals surface area contributed by atoms with Crippen LogP contribution in [0.25, 0.3) is 22.2 Å². The van der Waals surface area contributed by atoms with Gasteiger partial charge in [-0.15, -0.1) is 11.3 Å². The Labute approximate surface area is 185 Å². The van der Waals surface area contributed by atoms with E-state index in [1.54, 1.807) is 12.4 Å². The van der Waals surface area contributed by atoms with Crippen molar-refractivity contribution >= 4 is 49.1 Å². The number of anilines is 2. The molecule has 0 aliphatic heterocycles. The number of fused-ring (bicyclic) bond motifs is 1. The Morgan fingerprint density at radius 1 is 0.900 bits per heavy atom. The van der Waals surface area contributed by atoms with E-state index in [9.17, 15) is 0 Å². The lowest BCUT2D eigenvalue weighted by molar-refractivity contribution is 0.484. The maximum absolute atomic E-state index is 6.19. The lowest BCUT2D eigenvalue weighted by Crippen LogP contribution is -1.95. The van der Waals surface area contributed by atoms with E-state index in [-0.39, 0.29) is 0 Å². The second-order valence-electron chi connectivity index (χ2n) is 6.46. The number of thiazole rings is 1. The molecule has 0 fully saturated rings. The van der Waals surface area contributed by atoms with Crippen molar-refractivity contribution < 1.29 is 4.74 Å². The Morgan fingerprint density at radius 2 is 1.80 bits per heavy atom. The van der Waals surface area contributed by atoms with E-state index in [4.69, 9.17) is 4.74 Å². The summed E-state index contributed by atoms with van der Waals surface area (Å²) in [6.07, 6.45) is 3.49. The van der Waals surface area contributed by atoms with E-state index >= 15 is 0 Å². The second-order valence-corrected chi connectivity index (χ2v) is 8.17. The molecular formula is C23H15BrN4OS. The Hall–Kier alpha value is -3.29. The first kappa shape index (κ1) is 18.7. The van der Waals surface area contributed by atoms with Gasteiger partial charge in [0, 0.05) is 34.8 Å². The van der Waals surface area contributed by atoms with Crippen LogP contribution in [-0.4, -0.2) is 15.0 Å². The van der Waals surface area contributed by atoms with Gasteiger partial charge in [-0.1, -0.05) is 36.4 Å². The lowest BCUT2D eigenvalue weighted by atomic mass is 10.2. The number of benzene rings is 2. The van der Waals surface area contributed by atoms with Crippen LogP contribution in [0.2, 0.25) is 0 Å². The summed E-state index contributed by atoms with van der Waals surface area (Å²) in [5.74, 6) is 2.04. The summed E-state index contributed by atoms with van der Waals surface area (Å²) in [6.45, 7) is 0. The molecule has 30 heavy (non-hydrogen) atoms. The van der Waals surface area contributed by atoms with Gasteiger partial charge in [-0.25, -0.2) is 9.97 Å². The largest absolute Gasteiger partial charge is 0.455 e. The van der Waals surface area contributed by atoms with E-state index in [0.717, 1.165) is 37.5 Å². The molecule has 3 aromatic heterocycles. The number of halogens is 1. The molecule has 7 heteroatoms. The molecular weight excluding hydrogens is 460 g/mol. The third-order valence-corrected chi connectivity index (χ3v) is 5.81. The minimum Gasteiger partial charge on any atom is -0.455 e. The Bertz CT molecular complexity index is 1320. The first-order valence-electron chi connectivity index (χ1n) is 9.21. The summed E-state index contributed by atoms with van der Waals surface area (Å²) in [5, 5.41) is 7.01. The zero-order valence-electron chi connectivity index (χ0n) is 15.6. The quantitative estimate of drug-likeness (QED) is 0.295. The number of pyridine rings is 2. The highest BCUT2D eigenvalue weighted by molar-refractivity contribution is 9.10. The van der Waals surface area contributed by atoms with Gasteiger partial charge in [0.2, 0.25) is 0 Å². The summed E-state index contributed by atoms with van der Waals surface area (Å²) in [6, 6.07) is 21.7. The molecule has 1 N–H and O–H groups in total. The van der Waals surface area contributed by atoms with Crippen LogP contribution in [0.1, 0.15) is 0 Å². The molecule has 0 radical (unpaired) electrons. The molecule has 146 valence electrons. The van der Waals surface area contributed by atoms with Gasteiger partial charge in [0.1, 0.15) is 17.3 Å². The number of hydrogen-bond acceptors (Lipinski definition) is 6. The standard InChI is InChI=1S/C23H15BrN4OS/c24-17-13-26-22(28-23-27-19(14-30-23)15-6-2-1-3-7-15)12-21(17)29-20-10-4-9-18-16(20)8-5-11-25-18/h1-14H,(H,26,27,28). The van der Waals surface area contributed by atoms with Crippen molar-refractivity contribution in [3.8, 4) is 22.8 Å². The Morgan fingerprint density at radius 3 is 2.70 bits per heavy atom. The third-order valence-electron chi connectivity index (χ3n) is 4.45. The van der Waals surface area contributed by atoms with E-state index in [1.165, 1.54) is 11.3 Å². The molecule has 5 nitrogen and oxygen atoms in total. The molecule has 2 aromatic carbocycles. The molecule has 5 aromatic rings. The molecule has 0 saturated heterocycles. The highest BCUT2D eigenvalue weighted by Crippen LogP contribution is 2.35. The number of nitrogens with one attached hydrogen (secondary N) is 1. The van der Waals surface area contributed by atoms with Crippen LogP contribution in [0, 0.1) is 0 Å². The summed E-state index contributed by atoms with van der Waals surface area (Å²) in [7, 11) is 0. The van der Waals surface area contributed by atoms with E-state index in [1.807, 2.05) is 72.1 Å². The van der Waals surface area contributed by atoms with Gasteiger partial charge in [-0.05, 0) is 40.2 Å². The smallest absolute Gasteiger partial charge is 0.188 e. The van der Waals surface area contributed by atoms with Gasteiger partial charge in [-0.3, -0.25) is 4.98 Å². The molecule has 3 heterocycles. The fourth-order valence-corrected chi connectivity index (χ4v) is 4.06. The molecule has 0 spiro atoms. The maximum atomic E-state index is 6.19. The number of ether oxygens (including phenoxy) is 1. The first-order valence-corrected chi connectivity index (χ1v) is 10.9. The second kappa shape index (κ2) is 8.22. The predicted molar refractivity (Wildman–Crippen MR) is 125 cm³/mol. The van der Waals surface area contributed by atoms with Crippen molar-refractivity contribution in [1.82, 2.24) is 15.0 Å². The summed E-state index contributed by atoms with van der Waals surface area (Å²) in [4.78, 5) is 13.5. The van der Waals surface area contributed by atoms with Gasteiger partial charge in [0.15, 0.2) is 5.13 Å². The monoisotopic (exact) mass is 474 g/mol. The lowest BCUT2D eigenvalue weighted by Gasteiger charge is -2.11. The van der Waals surface area contributed by atoms with Crippen molar-refractivity contribution in [2.75, 3.05) is 5.32 Å². The van der Waals surface area contributed by atoms with Crippen LogP contribution in [0.15, 0.2) is 89.0 Å². The molecule has 0 aliphatic carbocycles. The molecule has 5 rings (SSSR count). The third kappa shape index (κ3) is 3.90. The molecule has 0 bridgehead atoms. The minimum atomic E-state index is 0.653. The number of hydrogen-bond donors (Lipinski definition) is 1. The molecule has 0 atom stereocenters. The first-order chi connectivity index (χ1) is 14.8. The minimum absolute atomic E-state index is 0.653.